The fourth-order valence-corrected chi connectivity index (χ4v) is 2.51. The maximum absolute atomic E-state index is 11.3. The molecule has 0 bridgehead atoms. The monoisotopic (exact) mass is 327 g/mol. The van der Waals surface area contributed by atoms with Gasteiger partial charge in [-0.25, -0.2) is 0 Å². The smallest absolute Gasteiger partial charge is 0.236 e. The van der Waals surface area contributed by atoms with Gasteiger partial charge in [0.25, 0.3) is 0 Å². The number of benzene rings is 1. The highest BCUT2D eigenvalue weighted by Gasteiger charge is 2.26. The Kier molecular flexibility index (Phi) is 5.18. The summed E-state index contributed by atoms with van der Waals surface area (Å²) in [6, 6.07) is 7.47. The summed E-state index contributed by atoms with van der Waals surface area (Å²) < 4.78 is 6.66. The predicted molar refractivity (Wildman–Crippen MR) is 77.1 cm³/mol. The number of nitrogens with two attached hydrogens (primary N) is 1. The summed E-state index contributed by atoms with van der Waals surface area (Å²) in [6.07, 6.45) is 0. The molecule has 1 aliphatic heterocycles. The summed E-state index contributed by atoms with van der Waals surface area (Å²) in [5, 5.41) is 3.17. The largest absolute Gasteiger partial charge is 0.492 e. The van der Waals surface area contributed by atoms with Crippen molar-refractivity contribution in [3.05, 3.63) is 28.7 Å². The van der Waals surface area contributed by atoms with E-state index in [9.17, 15) is 4.79 Å². The molecule has 104 valence electrons. The van der Waals surface area contributed by atoms with Crippen LogP contribution in [0.1, 0.15) is 0 Å². The van der Waals surface area contributed by atoms with Gasteiger partial charge in [0, 0.05) is 30.7 Å². The molecule has 0 spiro atoms. The number of carbonyl (C=O) groups excluding carboxylic acids is 1. The molecular formula is C13H18BrN3O2. The Labute approximate surface area is 121 Å². The lowest BCUT2D eigenvalue weighted by atomic mass is 10.2. The minimum Gasteiger partial charge on any atom is -0.492 e. The van der Waals surface area contributed by atoms with Gasteiger partial charge in [-0.3, -0.25) is 9.69 Å². The molecule has 19 heavy (non-hydrogen) atoms. The Balaban J connectivity index is 1.82. The normalized spacial score (nSPS) is 20.2. The fourth-order valence-electron chi connectivity index (χ4n) is 2.13. The summed E-state index contributed by atoms with van der Waals surface area (Å²) in [6.45, 7) is 3.55. The third-order valence-corrected chi connectivity index (χ3v) is 3.62. The van der Waals surface area contributed by atoms with Gasteiger partial charge in [0.2, 0.25) is 5.91 Å². The van der Waals surface area contributed by atoms with Crippen molar-refractivity contribution in [2.24, 2.45) is 5.73 Å². The lowest BCUT2D eigenvalue weighted by Gasteiger charge is -2.33. The van der Waals surface area contributed by atoms with Crippen LogP contribution in [0.2, 0.25) is 0 Å². The van der Waals surface area contributed by atoms with E-state index < -0.39 is 0 Å². The van der Waals surface area contributed by atoms with Crippen LogP contribution >= 0.6 is 15.9 Å². The first-order valence-corrected chi connectivity index (χ1v) is 7.08. The summed E-state index contributed by atoms with van der Waals surface area (Å²) in [7, 11) is 0. The number of ether oxygens (including phenoxy) is 1. The van der Waals surface area contributed by atoms with Gasteiger partial charge in [-0.1, -0.05) is 22.0 Å². The molecule has 5 nitrogen and oxygen atoms in total. The van der Waals surface area contributed by atoms with Crippen molar-refractivity contribution >= 4 is 21.8 Å². The number of hydrogen-bond acceptors (Lipinski definition) is 4. The van der Waals surface area contributed by atoms with E-state index >= 15 is 0 Å². The molecule has 1 saturated heterocycles. The van der Waals surface area contributed by atoms with Crippen molar-refractivity contribution in [2.45, 2.75) is 6.04 Å². The van der Waals surface area contributed by atoms with E-state index in [2.05, 4.69) is 26.1 Å². The number of rotatable bonds is 5. The predicted octanol–water partition coefficient (Wildman–Crippen LogP) is 0.587. The summed E-state index contributed by atoms with van der Waals surface area (Å²) in [5.74, 6) is 0.537. The average molecular weight is 328 g/mol. The molecule has 1 aliphatic rings. The van der Waals surface area contributed by atoms with Gasteiger partial charge < -0.3 is 15.8 Å². The van der Waals surface area contributed by atoms with Crippen LogP contribution < -0.4 is 15.8 Å². The van der Waals surface area contributed by atoms with Gasteiger partial charge in [-0.2, -0.15) is 0 Å². The number of primary amides is 1. The molecule has 0 radical (unpaired) electrons. The zero-order valence-electron chi connectivity index (χ0n) is 10.6. The summed E-state index contributed by atoms with van der Waals surface area (Å²) in [4.78, 5) is 13.4. The van der Waals surface area contributed by atoms with Crippen LogP contribution in [0.25, 0.3) is 0 Å². The fraction of sp³-hybridized carbons (Fsp3) is 0.462. The van der Waals surface area contributed by atoms with E-state index in [0.717, 1.165) is 23.3 Å². The highest BCUT2D eigenvalue weighted by molar-refractivity contribution is 9.10. The summed E-state index contributed by atoms with van der Waals surface area (Å²) in [5.41, 5.74) is 5.39. The molecular weight excluding hydrogens is 310 g/mol. The minimum absolute atomic E-state index is 0.236. The molecule has 0 aromatic heterocycles. The molecule has 0 saturated carbocycles. The number of hydrogen-bond donors (Lipinski definition) is 2. The third-order valence-electron chi connectivity index (χ3n) is 3.13. The quantitative estimate of drug-likeness (QED) is 0.830. The van der Waals surface area contributed by atoms with Crippen molar-refractivity contribution in [1.82, 2.24) is 10.2 Å². The van der Waals surface area contributed by atoms with Crippen LogP contribution in [-0.4, -0.2) is 49.6 Å². The molecule has 6 heteroatoms. The van der Waals surface area contributed by atoms with E-state index in [4.69, 9.17) is 10.5 Å². The SMILES string of the molecule is NC(=O)C1CNCCN1CCOc1cccc(Br)c1. The highest BCUT2D eigenvalue weighted by atomic mass is 79.9. The number of halogens is 1. The molecule has 1 amide bonds. The first kappa shape index (κ1) is 14.3. The zero-order chi connectivity index (χ0) is 13.7. The Bertz CT molecular complexity index is 442. The topological polar surface area (TPSA) is 67.6 Å². The van der Waals surface area contributed by atoms with E-state index in [1.807, 2.05) is 24.3 Å². The van der Waals surface area contributed by atoms with E-state index in [0.29, 0.717) is 19.7 Å². The lowest BCUT2D eigenvalue weighted by Crippen LogP contribution is -2.57. The number of nitrogens with zero attached hydrogens (tertiary/aromatic N) is 1. The molecule has 3 N–H and O–H groups in total. The second kappa shape index (κ2) is 6.88. The number of carbonyl (C=O) groups is 1. The van der Waals surface area contributed by atoms with Crippen molar-refractivity contribution < 1.29 is 9.53 Å². The Morgan fingerprint density at radius 3 is 3.16 bits per heavy atom. The van der Waals surface area contributed by atoms with Crippen molar-refractivity contribution in [3.63, 3.8) is 0 Å². The second-order valence-corrected chi connectivity index (χ2v) is 5.38. The molecule has 1 fully saturated rings. The molecule has 1 aromatic carbocycles. The van der Waals surface area contributed by atoms with E-state index in [1.165, 1.54) is 0 Å². The van der Waals surface area contributed by atoms with E-state index in [1.54, 1.807) is 0 Å². The molecule has 0 aliphatic carbocycles. The molecule has 1 atom stereocenters. The van der Waals surface area contributed by atoms with Crippen LogP contribution in [0, 0.1) is 0 Å². The Hall–Kier alpha value is -1.11. The average Bonchev–Trinajstić information content (AvgIpc) is 2.39. The molecule has 1 unspecified atom stereocenters. The molecule has 1 aromatic rings. The minimum atomic E-state index is -0.283. The Morgan fingerprint density at radius 1 is 1.58 bits per heavy atom. The standard InChI is InChI=1S/C13H18BrN3O2/c14-10-2-1-3-11(8-10)19-7-6-17-5-4-16-9-12(17)13(15)18/h1-3,8,12,16H,4-7,9H2,(H2,15,18). The highest BCUT2D eigenvalue weighted by Crippen LogP contribution is 2.17. The van der Waals surface area contributed by atoms with Crippen molar-refractivity contribution in [3.8, 4) is 5.75 Å². The van der Waals surface area contributed by atoms with E-state index in [-0.39, 0.29) is 11.9 Å². The maximum atomic E-state index is 11.3. The number of nitrogens with one attached hydrogen (secondary N) is 1. The van der Waals surface area contributed by atoms with Crippen molar-refractivity contribution in [1.29, 1.82) is 0 Å². The van der Waals surface area contributed by atoms with Crippen LogP contribution in [0.15, 0.2) is 28.7 Å². The van der Waals surface area contributed by atoms with Crippen molar-refractivity contribution in [2.75, 3.05) is 32.8 Å². The van der Waals surface area contributed by atoms with Crippen LogP contribution in [0.5, 0.6) is 5.75 Å². The van der Waals surface area contributed by atoms with Gasteiger partial charge in [0.15, 0.2) is 0 Å². The van der Waals surface area contributed by atoms with Gasteiger partial charge in [-0.05, 0) is 18.2 Å². The molecule has 2 rings (SSSR count). The second-order valence-electron chi connectivity index (χ2n) is 4.46. The lowest BCUT2D eigenvalue weighted by molar-refractivity contribution is -0.123. The molecule has 1 heterocycles. The van der Waals surface area contributed by atoms with Gasteiger partial charge >= 0.3 is 0 Å². The third kappa shape index (κ3) is 4.19. The summed E-state index contributed by atoms with van der Waals surface area (Å²) >= 11 is 3.40. The Morgan fingerprint density at radius 2 is 2.42 bits per heavy atom. The van der Waals surface area contributed by atoms with Gasteiger partial charge in [0.05, 0.1) is 0 Å². The zero-order valence-corrected chi connectivity index (χ0v) is 12.2. The first-order valence-electron chi connectivity index (χ1n) is 6.29. The number of amides is 1. The van der Waals surface area contributed by atoms with Crippen LogP contribution in [0.4, 0.5) is 0 Å². The number of piperazine rings is 1. The first-order chi connectivity index (χ1) is 9.16. The van der Waals surface area contributed by atoms with Gasteiger partial charge in [-0.15, -0.1) is 0 Å². The van der Waals surface area contributed by atoms with Crippen LogP contribution in [-0.2, 0) is 4.79 Å². The van der Waals surface area contributed by atoms with Crippen LogP contribution in [0.3, 0.4) is 0 Å². The van der Waals surface area contributed by atoms with Gasteiger partial charge in [0.1, 0.15) is 18.4 Å². The maximum Gasteiger partial charge on any atom is 0.236 e.